The Morgan fingerprint density at radius 3 is 2.65 bits per heavy atom. The molecule has 0 spiro atoms. The summed E-state index contributed by atoms with van der Waals surface area (Å²) in [5, 5.41) is 3.10. The average Bonchev–Trinajstić information content (AvgIpc) is 2.26. The van der Waals surface area contributed by atoms with Gasteiger partial charge in [0.1, 0.15) is 5.75 Å². The summed E-state index contributed by atoms with van der Waals surface area (Å²) >= 11 is 3.41. The highest BCUT2D eigenvalue weighted by atomic mass is 79.9. The molecule has 1 aromatic rings. The van der Waals surface area contributed by atoms with Crippen molar-refractivity contribution in [3.8, 4) is 5.75 Å². The molecule has 17 heavy (non-hydrogen) atoms. The monoisotopic (exact) mass is 300 g/mol. The molecule has 0 unspecified atom stereocenters. The van der Waals surface area contributed by atoms with Crippen molar-refractivity contribution in [2.45, 2.75) is 25.9 Å². The third kappa shape index (κ3) is 3.71. The first-order chi connectivity index (χ1) is 7.86. The molecule has 0 heterocycles. The lowest BCUT2D eigenvalue weighted by atomic mass is 10.0. The minimum absolute atomic E-state index is 0.370. The Hall–Kier alpha value is -1.07. The Bertz CT molecular complexity index is 419. The Morgan fingerprint density at radius 2 is 2.18 bits per heavy atom. The summed E-state index contributed by atoms with van der Waals surface area (Å²) in [4.78, 5) is 11.1. The number of benzene rings is 1. The SMILES string of the molecule is COc1ccc(CNC(C)(C)C(N)=O)cc1Br. The van der Waals surface area contributed by atoms with E-state index in [9.17, 15) is 4.79 Å². The van der Waals surface area contributed by atoms with E-state index in [1.165, 1.54) is 0 Å². The van der Waals surface area contributed by atoms with Crippen molar-refractivity contribution in [1.29, 1.82) is 0 Å². The zero-order valence-corrected chi connectivity index (χ0v) is 11.8. The fraction of sp³-hybridized carbons (Fsp3) is 0.417. The van der Waals surface area contributed by atoms with Gasteiger partial charge in [0, 0.05) is 6.54 Å². The molecule has 1 rings (SSSR count). The summed E-state index contributed by atoms with van der Waals surface area (Å²) in [7, 11) is 1.62. The van der Waals surface area contributed by atoms with Crippen LogP contribution in [0.2, 0.25) is 0 Å². The molecular formula is C12H17BrN2O2. The van der Waals surface area contributed by atoms with Gasteiger partial charge in [-0.05, 0) is 47.5 Å². The lowest BCUT2D eigenvalue weighted by molar-refractivity contribution is -0.123. The fourth-order valence-corrected chi connectivity index (χ4v) is 1.82. The Morgan fingerprint density at radius 1 is 1.53 bits per heavy atom. The van der Waals surface area contributed by atoms with E-state index in [2.05, 4.69) is 21.2 Å². The van der Waals surface area contributed by atoms with Crippen molar-refractivity contribution in [3.05, 3.63) is 28.2 Å². The van der Waals surface area contributed by atoms with E-state index in [0.29, 0.717) is 6.54 Å². The minimum atomic E-state index is -0.716. The molecule has 5 heteroatoms. The van der Waals surface area contributed by atoms with E-state index >= 15 is 0 Å². The molecule has 0 aliphatic rings. The summed E-state index contributed by atoms with van der Waals surface area (Å²) < 4.78 is 6.03. The van der Waals surface area contributed by atoms with Crippen molar-refractivity contribution >= 4 is 21.8 Å². The van der Waals surface area contributed by atoms with E-state index in [1.807, 2.05) is 18.2 Å². The highest BCUT2D eigenvalue weighted by molar-refractivity contribution is 9.10. The number of rotatable bonds is 5. The molecule has 1 aromatic carbocycles. The third-order valence-corrected chi connectivity index (χ3v) is 3.19. The summed E-state index contributed by atoms with van der Waals surface area (Å²) in [6.07, 6.45) is 0. The zero-order chi connectivity index (χ0) is 13.1. The van der Waals surface area contributed by atoms with Crippen LogP contribution in [-0.4, -0.2) is 18.6 Å². The number of primary amides is 1. The molecule has 4 nitrogen and oxygen atoms in total. The molecule has 3 N–H and O–H groups in total. The molecule has 0 aromatic heterocycles. The number of methoxy groups -OCH3 is 1. The largest absolute Gasteiger partial charge is 0.496 e. The Kier molecular flexibility index (Phi) is 4.54. The third-order valence-electron chi connectivity index (χ3n) is 2.57. The van der Waals surface area contributed by atoms with Crippen molar-refractivity contribution in [1.82, 2.24) is 5.32 Å². The van der Waals surface area contributed by atoms with Gasteiger partial charge in [-0.2, -0.15) is 0 Å². The molecule has 0 saturated carbocycles. The van der Waals surface area contributed by atoms with Crippen LogP contribution in [0, 0.1) is 0 Å². The smallest absolute Gasteiger partial charge is 0.237 e. The number of halogens is 1. The van der Waals surface area contributed by atoms with Gasteiger partial charge < -0.3 is 10.5 Å². The highest BCUT2D eigenvalue weighted by Gasteiger charge is 2.23. The topological polar surface area (TPSA) is 64.3 Å². The van der Waals surface area contributed by atoms with Gasteiger partial charge in [0.15, 0.2) is 0 Å². The molecule has 0 atom stereocenters. The molecule has 94 valence electrons. The summed E-state index contributed by atoms with van der Waals surface area (Å²) in [5.41, 5.74) is 5.61. The second-order valence-corrected chi connectivity index (χ2v) is 5.17. The van der Waals surface area contributed by atoms with Crippen LogP contribution >= 0.6 is 15.9 Å². The number of ether oxygens (including phenoxy) is 1. The number of nitrogens with one attached hydrogen (secondary N) is 1. The number of carbonyl (C=O) groups is 1. The molecule has 0 aliphatic heterocycles. The standard InChI is InChI=1S/C12H17BrN2O2/c1-12(2,11(14)16)15-7-8-4-5-10(17-3)9(13)6-8/h4-6,15H,7H2,1-3H3,(H2,14,16). The van der Waals surface area contributed by atoms with Crippen LogP contribution < -0.4 is 15.8 Å². The van der Waals surface area contributed by atoms with Crippen LogP contribution in [0.1, 0.15) is 19.4 Å². The number of amides is 1. The highest BCUT2D eigenvalue weighted by Crippen LogP contribution is 2.25. The van der Waals surface area contributed by atoms with Crippen molar-refractivity contribution in [3.63, 3.8) is 0 Å². The fourth-order valence-electron chi connectivity index (χ4n) is 1.23. The molecule has 0 fully saturated rings. The van der Waals surface area contributed by atoms with Crippen LogP contribution in [0.5, 0.6) is 5.75 Å². The summed E-state index contributed by atoms with van der Waals surface area (Å²) in [5.74, 6) is 0.410. The first-order valence-electron chi connectivity index (χ1n) is 5.24. The predicted octanol–water partition coefficient (Wildman–Crippen LogP) is 1.81. The van der Waals surface area contributed by atoms with Gasteiger partial charge in [-0.1, -0.05) is 6.07 Å². The van der Waals surface area contributed by atoms with Crippen LogP contribution in [0.4, 0.5) is 0 Å². The molecular weight excluding hydrogens is 284 g/mol. The van der Waals surface area contributed by atoms with Crippen molar-refractivity contribution < 1.29 is 9.53 Å². The van der Waals surface area contributed by atoms with Gasteiger partial charge in [0.25, 0.3) is 0 Å². The number of nitrogens with two attached hydrogens (primary N) is 1. The van der Waals surface area contributed by atoms with Gasteiger partial charge in [-0.15, -0.1) is 0 Å². The second-order valence-electron chi connectivity index (χ2n) is 4.31. The predicted molar refractivity (Wildman–Crippen MR) is 70.8 cm³/mol. The number of hydrogen-bond acceptors (Lipinski definition) is 3. The van der Waals surface area contributed by atoms with Crippen molar-refractivity contribution in [2.75, 3.05) is 7.11 Å². The van der Waals surface area contributed by atoms with E-state index in [-0.39, 0.29) is 5.91 Å². The quantitative estimate of drug-likeness (QED) is 0.872. The maximum atomic E-state index is 11.1. The molecule has 1 amide bonds. The average molecular weight is 301 g/mol. The maximum absolute atomic E-state index is 11.1. The first kappa shape index (κ1) is 14.0. The maximum Gasteiger partial charge on any atom is 0.237 e. The lowest BCUT2D eigenvalue weighted by Crippen LogP contribution is -2.50. The van der Waals surface area contributed by atoms with Gasteiger partial charge in [-0.25, -0.2) is 0 Å². The first-order valence-corrected chi connectivity index (χ1v) is 6.03. The Labute approximate surface area is 110 Å². The van der Waals surface area contributed by atoms with Crippen LogP contribution in [0.3, 0.4) is 0 Å². The molecule has 0 saturated heterocycles. The second kappa shape index (κ2) is 5.51. The number of carbonyl (C=O) groups excluding carboxylic acids is 1. The van der Waals surface area contributed by atoms with Gasteiger partial charge in [-0.3, -0.25) is 10.1 Å². The van der Waals surface area contributed by atoms with Gasteiger partial charge >= 0.3 is 0 Å². The lowest BCUT2D eigenvalue weighted by Gasteiger charge is -2.22. The van der Waals surface area contributed by atoms with Gasteiger partial charge in [0.05, 0.1) is 17.1 Å². The zero-order valence-electron chi connectivity index (χ0n) is 10.2. The van der Waals surface area contributed by atoms with Crippen LogP contribution in [-0.2, 0) is 11.3 Å². The van der Waals surface area contributed by atoms with Crippen LogP contribution in [0.25, 0.3) is 0 Å². The van der Waals surface area contributed by atoms with E-state index in [0.717, 1.165) is 15.8 Å². The molecule has 0 aliphatic carbocycles. The van der Waals surface area contributed by atoms with Crippen LogP contribution in [0.15, 0.2) is 22.7 Å². The van der Waals surface area contributed by atoms with Gasteiger partial charge in [0.2, 0.25) is 5.91 Å². The summed E-state index contributed by atoms with van der Waals surface area (Å²) in [6, 6.07) is 5.76. The normalized spacial score (nSPS) is 11.3. The summed E-state index contributed by atoms with van der Waals surface area (Å²) in [6.45, 7) is 4.08. The molecule has 0 bridgehead atoms. The van der Waals surface area contributed by atoms with E-state index < -0.39 is 5.54 Å². The van der Waals surface area contributed by atoms with E-state index in [1.54, 1.807) is 21.0 Å². The Balaban J connectivity index is 2.71. The number of hydrogen-bond donors (Lipinski definition) is 2. The van der Waals surface area contributed by atoms with Crippen molar-refractivity contribution in [2.24, 2.45) is 5.73 Å². The molecule has 0 radical (unpaired) electrons. The minimum Gasteiger partial charge on any atom is -0.496 e. The van der Waals surface area contributed by atoms with E-state index in [4.69, 9.17) is 10.5 Å².